The number of hydrogen-bond donors (Lipinski definition) is 0. The number of aliphatic imine (C=N–C) groups is 1. The minimum atomic E-state index is -0.688. The molecule has 0 radical (unpaired) electrons. The largest absolute Gasteiger partial charge is 0.497 e. The van der Waals surface area contributed by atoms with Crippen LogP contribution in [0.25, 0.3) is 6.08 Å². The number of halogens is 1. The average molecular weight is 389 g/mol. The van der Waals surface area contributed by atoms with Crippen LogP contribution in [0.3, 0.4) is 0 Å². The summed E-state index contributed by atoms with van der Waals surface area (Å²) < 4.78 is 15.6. The van der Waals surface area contributed by atoms with E-state index >= 15 is 0 Å². The Morgan fingerprint density at radius 1 is 1.19 bits per heavy atom. The third-order valence-electron chi connectivity index (χ3n) is 3.74. The molecule has 27 heavy (non-hydrogen) atoms. The Balaban J connectivity index is 2.01. The molecule has 3 rings (SSSR count). The van der Waals surface area contributed by atoms with Crippen LogP contribution in [0.1, 0.15) is 11.1 Å². The van der Waals surface area contributed by atoms with Gasteiger partial charge in [-0.3, -0.25) is 10.1 Å². The Kier molecular flexibility index (Phi) is 5.09. The van der Waals surface area contributed by atoms with E-state index < -0.39 is 10.9 Å². The number of cyclic esters (lactones) is 1. The topological polar surface area (TPSA) is 100 Å². The Morgan fingerprint density at radius 3 is 2.63 bits per heavy atom. The Morgan fingerprint density at radius 2 is 1.96 bits per heavy atom. The molecular formula is C18H13ClN2O6. The lowest BCUT2D eigenvalue weighted by Gasteiger charge is -2.07. The van der Waals surface area contributed by atoms with E-state index in [-0.39, 0.29) is 27.9 Å². The van der Waals surface area contributed by atoms with Gasteiger partial charge in [-0.25, -0.2) is 9.79 Å². The number of hydrogen-bond acceptors (Lipinski definition) is 7. The molecule has 0 N–H and O–H groups in total. The van der Waals surface area contributed by atoms with Crippen molar-refractivity contribution in [2.75, 3.05) is 14.2 Å². The summed E-state index contributed by atoms with van der Waals surface area (Å²) in [5, 5.41) is 11.0. The van der Waals surface area contributed by atoms with Gasteiger partial charge in [-0.05, 0) is 36.4 Å². The Hall–Kier alpha value is -3.39. The molecule has 0 spiro atoms. The lowest BCUT2D eigenvalue weighted by Crippen LogP contribution is -2.06. The zero-order valence-electron chi connectivity index (χ0n) is 14.3. The van der Waals surface area contributed by atoms with Crippen molar-refractivity contribution in [3.8, 4) is 11.5 Å². The summed E-state index contributed by atoms with van der Waals surface area (Å²) >= 11 is 5.80. The fraction of sp³-hybridized carbons (Fsp3) is 0.111. The van der Waals surface area contributed by atoms with Crippen LogP contribution in [0.4, 0.5) is 5.69 Å². The van der Waals surface area contributed by atoms with E-state index in [1.54, 1.807) is 18.2 Å². The van der Waals surface area contributed by atoms with Crippen LogP contribution in [-0.2, 0) is 9.53 Å². The number of ether oxygens (including phenoxy) is 3. The maximum atomic E-state index is 12.2. The van der Waals surface area contributed by atoms with Crippen LogP contribution in [0.2, 0.25) is 5.02 Å². The second kappa shape index (κ2) is 7.46. The Bertz CT molecular complexity index is 999. The number of esters is 1. The number of methoxy groups -OCH3 is 2. The summed E-state index contributed by atoms with van der Waals surface area (Å²) in [6.45, 7) is 0. The molecule has 0 saturated heterocycles. The van der Waals surface area contributed by atoms with Gasteiger partial charge in [0.25, 0.3) is 5.69 Å². The molecule has 2 aromatic rings. The molecule has 0 amide bonds. The molecule has 0 atom stereocenters. The van der Waals surface area contributed by atoms with Gasteiger partial charge in [-0.1, -0.05) is 11.6 Å². The van der Waals surface area contributed by atoms with E-state index in [0.29, 0.717) is 17.1 Å². The van der Waals surface area contributed by atoms with Crippen molar-refractivity contribution in [3.63, 3.8) is 0 Å². The summed E-state index contributed by atoms with van der Waals surface area (Å²) in [6.07, 6.45) is 1.49. The van der Waals surface area contributed by atoms with Crippen molar-refractivity contribution >= 4 is 35.2 Å². The van der Waals surface area contributed by atoms with E-state index in [2.05, 4.69) is 4.99 Å². The first-order chi connectivity index (χ1) is 12.9. The summed E-state index contributed by atoms with van der Waals surface area (Å²) in [7, 11) is 3.02. The molecule has 0 fully saturated rings. The normalized spacial score (nSPS) is 14.7. The van der Waals surface area contributed by atoms with Gasteiger partial charge in [0.2, 0.25) is 5.90 Å². The lowest BCUT2D eigenvalue weighted by atomic mass is 10.1. The fourth-order valence-corrected chi connectivity index (χ4v) is 2.60. The number of nitro groups is 1. The first-order valence-corrected chi connectivity index (χ1v) is 7.99. The average Bonchev–Trinajstić information content (AvgIpc) is 3.02. The van der Waals surface area contributed by atoms with Crippen LogP contribution >= 0.6 is 11.6 Å². The molecule has 0 saturated carbocycles. The summed E-state index contributed by atoms with van der Waals surface area (Å²) in [5.41, 5.74) is 0.547. The quantitative estimate of drug-likeness (QED) is 0.335. The molecule has 0 unspecified atom stereocenters. The van der Waals surface area contributed by atoms with Gasteiger partial charge in [0.15, 0.2) is 5.70 Å². The molecule has 1 aliphatic rings. The molecule has 9 heteroatoms. The third-order valence-corrected chi connectivity index (χ3v) is 4.06. The van der Waals surface area contributed by atoms with Crippen molar-refractivity contribution in [1.82, 2.24) is 0 Å². The number of carbonyl (C=O) groups is 1. The molecular weight excluding hydrogens is 376 g/mol. The lowest BCUT2D eigenvalue weighted by molar-refractivity contribution is -0.384. The van der Waals surface area contributed by atoms with Crippen LogP contribution < -0.4 is 9.47 Å². The second-order valence-corrected chi connectivity index (χ2v) is 5.77. The van der Waals surface area contributed by atoms with Crippen molar-refractivity contribution in [2.45, 2.75) is 0 Å². The van der Waals surface area contributed by atoms with Crippen molar-refractivity contribution in [1.29, 1.82) is 0 Å². The first-order valence-electron chi connectivity index (χ1n) is 7.62. The minimum Gasteiger partial charge on any atom is -0.497 e. The van der Waals surface area contributed by atoms with Crippen molar-refractivity contribution < 1.29 is 23.9 Å². The second-order valence-electron chi connectivity index (χ2n) is 5.37. The summed E-state index contributed by atoms with van der Waals surface area (Å²) in [5.74, 6) is 0.355. The predicted octanol–water partition coefficient (Wildman–Crippen LogP) is 3.61. The van der Waals surface area contributed by atoms with Gasteiger partial charge in [0.05, 0.1) is 19.1 Å². The monoisotopic (exact) mass is 388 g/mol. The summed E-state index contributed by atoms with van der Waals surface area (Å²) in [6, 6.07) is 9.12. The van der Waals surface area contributed by atoms with Crippen molar-refractivity contribution in [3.05, 3.63) is 68.4 Å². The van der Waals surface area contributed by atoms with E-state index in [1.165, 1.54) is 38.5 Å². The molecule has 0 bridgehead atoms. The SMILES string of the molecule is COc1ccc(OC)c(C=C2N=C(c3ccc(Cl)c([N+](=O)[O-])c3)OC2=O)c1. The molecule has 2 aromatic carbocycles. The van der Waals surface area contributed by atoms with Gasteiger partial charge in [0, 0.05) is 17.2 Å². The maximum absolute atomic E-state index is 12.2. The van der Waals surface area contributed by atoms with Crippen LogP contribution in [0.15, 0.2) is 47.1 Å². The maximum Gasteiger partial charge on any atom is 0.363 e. The van der Waals surface area contributed by atoms with Crippen LogP contribution in [0.5, 0.6) is 11.5 Å². The van der Waals surface area contributed by atoms with Gasteiger partial charge in [0.1, 0.15) is 16.5 Å². The highest BCUT2D eigenvalue weighted by Gasteiger charge is 2.26. The van der Waals surface area contributed by atoms with E-state index in [4.69, 9.17) is 25.8 Å². The number of rotatable bonds is 5. The highest BCUT2D eigenvalue weighted by atomic mass is 35.5. The number of nitrogens with zero attached hydrogens (tertiary/aromatic N) is 2. The number of benzene rings is 2. The molecule has 1 aliphatic heterocycles. The minimum absolute atomic E-state index is 0.0224. The molecule has 138 valence electrons. The van der Waals surface area contributed by atoms with E-state index in [1.807, 2.05) is 0 Å². The van der Waals surface area contributed by atoms with Crippen LogP contribution in [0, 0.1) is 10.1 Å². The number of carbonyl (C=O) groups excluding carboxylic acids is 1. The first kappa shape index (κ1) is 18.4. The summed E-state index contributed by atoms with van der Waals surface area (Å²) in [4.78, 5) is 26.7. The highest BCUT2D eigenvalue weighted by molar-refractivity contribution is 6.32. The molecule has 0 aliphatic carbocycles. The van der Waals surface area contributed by atoms with Gasteiger partial charge < -0.3 is 14.2 Å². The Labute approximate surface area is 158 Å². The van der Waals surface area contributed by atoms with Crippen LogP contribution in [-0.4, -0.2) is 31.0 Å². The van der Waals surface area contributed by atoms with E-state index in [9.17, 15) is 14.9 Å². The molecule has 8 nitrogen and oxygen atoms in total. The zero-order chi connectivity index (χ0) is 19.6. The third kappa shape index (κ3) is 3.75. The molecule has 0 aromatic heterocycles. The highest BCUT2D eigenvalue weighted by Crippen LogP contribution is 2.30. The van der Waals surface area contributed by atoms with Crippen molar-refractivity contribution in [2.24, 2.45) is 4.99 Å². The number of nitro benzene ring substituents is 1. The van der Waals surface area contributed by atoms with E-state index in [0.717, 1.165) is 0 Å². The van der Waals surface area contributed by atoms with Gasteiger partial charge in [-0.2, -0.15) is 0 Å². The zero-order valence-corrected chi connectivity index (χ0v) is 15.0. The van der Waals surface area contributed by atoms with Gasteiger partial charge >= 0.3 is 5.97 Å². The molecule has 1 heterocycles. The van der Waals surface area contributed by atoms with Gasteiger partial charge in [-0.15, -0.1) is 0 Å². The fourth-order valence-electron chi connectivity index (χ4n) is 2.42. The standard InChI is InChI=1S/C18H13ClN2O6/c1-25-12-4-6-16(26-2)11(7-12)8-14-18(22)27-17(20-14)10-3-5-13(19)15(9-10)21(23)24/h3-9H,1-2H3. The predicted molar refractivity (Wildman–Crippen MR) is 98.3 cm³/mol. The smallest absolute Gasteiger partial charge is 0.363 e.